The van der Waals surface area contributed by atoms with Crippen molar-refractivity contribution in [3.63, 3.8) is 0 Å². The highest BCUT2D eigenvalue weighted by Gasteiger charge is 2.67. The fourth-order valence-corrected chi connectivity index (χ4v) is 8.77. The second kappa shape index (κ2) is 10.3. The number of carbonyl (C=O) groups is 4. The zero-order valence-corrected chi connectivity index (χ0v) is 25.4. The molecule has 2 aliphatic carbocycles. The third-order valence-electron chi connectivity index (χ3n) is 9.97. The maximum atomic E-state index is 14.4. The number of ether oxygens (including phenoxy) is 1. The first kappa shape index (κ1) is 28.7. The molecule has 44 heavy (non-hydrogen) atoms. The Kier molecular flexibility index (Phi) is 6.71. The summed E-state index contributed by atoms with van der Waals surface area (Å²) < 4.78 is 19.4. The van der Waals surface area contributed by atoms with Crippen molar-refractivity contribution in [3.05, 3.63) is 86.8 Å². The first-order chi connectivity index (χ1) is 21.1. The average molecular weight is 635 g/mol. The number of likely N-dealkylation sites (tertiary alicyclic amines) is 1. The quantitative estimate of drug-likeness (QED) is 0.286. The predicted octanol–water partition coefficient (Wildman–Crippen LogP) is 5.69. The summed E-state index contributed by atoms with van der Waals surface area (Å²) in [6, 6.07) is 12.2. The van der Waals surface area contributed by atoms with E-state index in [9.17, 15) is 28.7 Å². The van der Waals surface area contributed by atoms with E-state index in [1.165, 1.54) is 41.5 Å². The number of carbonyl (C=O) groups excluding carboxylic acids is 4. The lowest BCUT2D eigenvalue weighted by Gasteiger charge is -2.49. The summed E-state index contributed by atoms with van der Waals surface area (Å²) in [5, 5.41) is 12.9. The van der Waals surface area contributed by atoms with Gasteiger partial charge in [-0.15, -0.1) is 11.3 Å². The summed E-state index contributed by atoms with van der Waals surface area (Å²) in [5.74, 6) is -5.39. The molecule has 1 aromatic heterocycles. The standard InChI is InChI=1S/C33H28ClFN2O6S/c1-33-23(30(40)37(32(33)42)16-5-10-25(35)24(34)12-16)14-22-19(28(33)20-7-6-17(43-2)13-26(20)38)8-9-21-27(22)31(41)36(29(21)39)15-18-4-3-11-44-18/h3-8,10-13,21-23,27-28,38H,9,14-15H2,1-2H3/t21-,22+,23-,27-,28+,33+/m0/s1. The largest absolute Gasteiger partial charge is 0.508 e. The summed E-state index contributed by atoms with van der Waals surface area (Å²) in [6.45, 7) is 1.90. The molecule has 3 fully saturated rings. The fourth-order valence-electron chi connectivity index (χ4n) is 7.90. The number of allylic oxidation sites excluding steroid dienone is 2. The molecule has 0 radical (unpaired) electrons. The molecule has 0 spiro atoms. The Labute approximate surface area is 261 Å². The molecule has 11 heteroatoms. The van der Waals surface area contributed by atoms with Crippen molar-refractivity contribution in [2.75, 3.05) is 12.0 Å². The van der Waals surface area contributed by atoms with Gasteiger partial charge in [0.25, 0.3) is 0 Å². The van der Waals surface area contributed by atoms with Crippen molar-refractivity contribution in [1.82, 2.24) is 4.90 Å². The number of nitrogens with zero attached hydrogens (tertiary/aromatic N) is 2. The average Bonchev–Trinajstić information content (AvgIpc) is 3.66. The number of benzene rings is 2. The van der Waals surface area contributed by atoms with E-state index in [-0.39, 0.29) is 41.2 Å². The van der Waals surface area contributed by atoms with Gasteiger partial charge in [0.15, 0.2) is 0 Å². The number of phenolic OH excluding ortho intramolecular Hbond substituents is 1. The van der Waals surface area contributed by atoms with E-state index in [1.54, 1.807) is 19.1 Å². The number of phenols is 1. The van der Waals surface area contributed by atoms with Gasteiger partial charge in [0.05, 0.1) is 47.5 Å². The minimum absolute atomic E-state index is 0.116. The van der Waals surface area contributed by atoms with Gasteiger partial charge in [-0.3, -0.25) is 24.1 Å². The number of methoxy groups -OCH3 is 1. The van der Waals surface area contributed by atoms with Crippen LogP contribution in [0, 0.1) is 34.9 Å². The highest BCUT2D eigenvalue weighted by molar-refractivity contribution is 7.09. The van der Waals surface area contributed by atoms with Crippen LogP contribution >= 0.6 is 22.9 Å². The smallest absolute Gasteiger partial charge is 0.241 e. The van der Waals surface area contributed by atoms with E-state index in [1.807, 2.05) is 23.6 Å². The van der Waals surface area contributed by atoms with Gasteiger partial charge in [-0.05, 0) is 61.4 Å². The Bertz CT molecular complexity index is 1780. The number of thiophene rings is 1. The summed E-state index contributed by atoms with van der Waals surface area (Å²) in [5.41, 5.74) is -0.0461. The molecule has 1 saturated carbocycles. The first-order valence-corrected chi connectivity index (χ1v) is 15.6. The zero-order valence-electron chi connectivity index (χ0n) is 23.8. The Morgan fingerprint density at radius 1 is 1.07 bits per heavy atom. The van der Waals surface area contributed by atoms with Gasteiger partial charge in [-0.25, -0.2) is 9.29 Å². The molecule has 3 aromatic rings. The minimum Gasteiger partial charge on any atom is -0.508 e. The number of fused-ring (bicyclic) bond motifs is 4. The van der Waals surface area contributed by atoms with Crippen molar-refractivity contribution in [2.24, 2.45) is 29.1 Å². The van der Waals surface area contributed by atoms with Crippen LogP contribution in [0.5, 0.6) is 11.5 Å². The van der Waals surface area contributed by atoms with Crippen LogP contribution in [0.15, 0.2) is 65.6 Å². The second-order valence-corrected chi connectivity index (χ2v) is 13.5. The molecule has 4 amide bonds. The summed E-state index contributed by atoms with van der Waals surface area (Å²) >= 11 is 7.52. The molecular formula is C33H28ClFN2O6S. The molecule has 7 rings (SSSR count). The second-order valence-electron chi connectivity index (χ2n) is 12.0. The summed E-state index contributed by atoms with van der Waals surface area (Å²) in [4.78, 5) is 59.5. The van der Waals surface area contributed by atoms with E-state index in [4.69, 9.17) is 16.3 Å². The third-order valence-corrected chi connectivity index (χ3v) is 11.1. The van der Waals surface area contributed by atoms with Gasteiger partial charge in [0, 0.05) is 22.4 Å². The number of imide groups is 2. The number of anilines is 1. The molecule has 0 bridgehead atoms. The molecule has 0 unspecified atom stereocenters. The molecule has 3 heterocycles. The van der Waals surface area contributed by atoms with E-state index in [0.717, 1.165) is 21.4 Å². The van der Waals surface area contributed by atoms with Gasteiger partial charge < -0.3 is 9.84 Å². The zero-order chi connectivity index (χ0) is 31.1. The van der Waals surface area contributed by atoms with E-state index >= 15 is 0 Å². The van der Waals surface area contributed by atoms with Gasteiger partial charge in [-0.2, -0.15) is 0 Å². The van der Waals surface area contributed by atoms with Crippen molar-refractivity contribution in [3.8, 4) is 11.5 Å². The van der Waals surface area contributed by atoms with Gasteiger partial charge in [0.1, 0.15) is 17.3 Å². The van der Waals surface area contributed by atoms with Crippen LogP contribution in [0.1, 0.15) is 36.1 Å². The van der Waals surface area contributed by atoms with Crippen molar-refractivity contribution < 1.29 is 33.4 Å². The maximum absolute atomic E-state index is 14.4. The van der Waals surface area contributed by atoms with Gasteiger partial charge in [-0.1, -0.05) is 35.4 Å². The van der Waals surface area contributed by atoms with E-state index in [0.29, 0.717) is 17.7 Å². The van der Waals surface area contributed by atoms with Crippen LogP contribution in [-0.2, 0) is 25.7 Å². The molecule has 6 atom stereocenters. The van der Waals surface area contributed by atoms with Crippen molar-refractivity contribution in [1.29, 1.82) is 0 Å². The highest BCUT2D eigenvalue weighted by atomic mass is 35.5. The van der Waals surface area contributed by atoms with E-state index in [2.05, 4.69) is 0 Å². The van der Waals surface area contributed by atoms with Crippen LogP contribution in [0.2, 0.25) is 5.02 Å². The fraction of sp³-hybridized carbons (Fsp3) is 0.333. The molecule has 4 aliphatic rings. The topological polar surface area (TPSA) is 104 Å². The van der Waals surface area contributed by atoms with Crippen LogP contribution in [0.4, 0.5) is 10.1 Å². The number of hydrogen-bond acceptors (Lipinski definition) is 7. The van der Waals surface area contributed by atoms with E-state index < -0.39 is 52.6 Å². The SMILES string of the molecule is COc1ccc([C@H]2C3=CC[C@@H]4C(=O)N(Cc5cccs5)C(=O)[C@@H]4[C@@H]3C[C@H]3C(=O)N(c4ccc(F)c(Cl)c4)C(=O)[C@@]23C)c(O)c1. The molecule has 8 nitrogen and oxygen atoms in total. The number of hydrogen-bond donors (Lipinski definition) is 1. The van der Waals surface area contributed by atoms with Gasteiger partial charge >= 0.3 is 0 Å². The van der Waals surface area contributed by atoms with Crippen LogP contribution in [0.3, 0.4) is 0 Å². The Morgan fingerprint density at radius 3 is 2.55 bits per heavy atom. The Morgan fingerprint density at radius 2 is 1.86 bits per heavy atom. The molecule has 226 valence electrons. The summed E-state index contributed by atoms with van der Waals surface area (Å²) in [6.07, 6.45) is 2.39. The lowest BCUT2D eigenvalue weighted by atomic mass is 9.51. The number of rotatable bonds is 5. The maximum Gasteiger partial charge on any atom is 0.241 e. The molecule has 2 aliphatic heterocycles. The van der Waals surface area contributed by atoms with Crippen LogP contribution in [0.25, 0.3) is 0 Å². The number of amides is 4. The number of aromatic hydroxyl groups is 1. The Hall–Kier alpha value is -4.02. The monoisotopic (exact) mass is 634 g/mol. The first-order valence-electron chi connectivity index (χ1n) is 14.3. The minimum atomic E-state index is -1.36. The molecular weight excluding hydrogens is 607 g/mol. The summed E-state index contributed by atoms with van der Waals surface area (Å²) in [7, 11) is 1.47. The van der Waals surface area contributed by atoms with Gasteiger partial charge in [0.2, 0.25) is 23.6 Å². The van der Waals surface area contributed by atoms with Crippen molar-refractivity contribution in [2.45, 2.75) is 32.2 Å². The third kappa shape index (κ3) is 4.00. The predicted molar refractivity (Wildman–Crippen MR) is 161 cm³/mol. The molecule has 2 aromatic carbocycles. The molecule has 1 N–H and O–H groups in total. The lowest BCUT2D eigenvalue weighted by Crippen LogP contribution is -2.48. The van der Waals surface area contributed by atoms with Crippen LogP contribution < -0.4 is 9.64 Å². The Balaban J connectivity index is 1.36. The normalized spacial score (nSPS) is 29.5. The lowest BCUT2D eigenvalue weighted by molar-refractivity contribution is -0.141. The molecule has 2 saturated heterocycles. The number of halogens is 2. The van der Waals surface area contributed by atoms with Crippen LogP contribution in [-0.4, -0.2) is 40.7 Å². The van der Waals surface area contributed by atoms with Crippen molar-refractivity contribution >= 4 is 52.3 Å². The highest BCUT2D eigenvalue weighted by Crippen LogP contribution is 2.64.